The van der Waals surface area contributed by atoms with Crippen molar-refractivity contribution < 1.29 is 23.5 Å². The summed E-state index contributed by atoms with van der Waals surface area (Å²) < 4.78 is 26.4. The average Bonchev–Trinajstić information content (AvgIpc) is 2.32. The Morgan fingerprint density at radius 3 is 2.43 bits per heavy atom. The minimum Gasteiger partial charge on any atom is -0.480 e. The van der Waals surface area contributed by atoms with Gasteiger partial charge in [-0.15, -0.1) is 0 Å². The fraction of sp³-hybridized carbons (Fsp3) is 0.385. The highest BCUT2D eigenvalue weighted by Crippen LogP contribution is 2.26. The number of hydrogen-bond donors (Lipinski definition) is 3. The number of halogens is 3. The zero-order valence-electron chi connectivity index (χ0n) is 11.4. The summed E-state index contributed by atoms with van der Waals surface area (Å²) in [5.74, 6) is -3.10. The first-order valence-electron chi connectivity index (χ1n) is 6.15. The Morgan fingerprint density at radius 2 is 1.95 bits per heavy atom. The van der Waals surface area contributed by atoms with E-state index < -0.39 is 35.4 Å². The smallest absolute Gasteiger partial charge is 0.326 e. The van der Waals surface area contributed by atoms with E-state index in [-0.39, 0.29) is 17.4 Å². The number of carboxylic acids is 1. The Bertz CT molecular complexity index is 529. The molecular weight excluding hydrogens is 306 g/mol. The predicted octanol–water partition coefficient (Wildman–Crippen LogP) is 3.24. The van der Waals surface area contributed by atoms with Crippen LogP contribution in [-0.2, 0) is 4.79 Å². The van der Waals surface area contributed by atoms with Gasteiger partial charge in [0.15, 0.2) is 5.82 Å². The van der Waals surface area contributed by atoms with Crippen molar-refractivity contribution in [3.63, 3.8) is 0 Å². The molecule has 0 saturated heterocycles. The van der Waals surface area contributed by atoms with Crippen LogP contribution in [0.5, 0.6) is 0 Å². The highest BCUT2D eigenvalue weighted by molar-refractivity contribution is 6.33. The number of carbonyl (C=O) groups excluding carboxylic acids is 1. The van der Waals surface area contributed by atoms with Gasteiger partial charge in [0.25, 0.3) is 0 Å². The molecule has 0 radical (unpaired) electrons. The SMILES string of the molecule is CC(C)C[C@@H](NC(=O)Nc1c(F)cc(F)cc1Cl)C(=O)O. The minimum absolute atomic E-state index is 0.0394. The van der Waals surface area contributed by atoms with E-state index in [1.54, 1.807) is 13.8 Å². The Morgan fingerprint density at radius 1 is 1.33 bits per heavy atom. The monoisotopic (exact) mass is 320 g/mol. The lowest BCUT2D eigenvalue weighted by Crippen LogP contribution is -2.43. The highest BCUT2D eigenvalue weighted by atomic mass is 35.5. The van der Waals surface area contributed by atoms with Crippen molar-refractivity contribution >= 4 is 29.3 Å². The minimum atomic E-state index is -1.20. The molecule has 0 aliphatic carbocycles. The van der Waals surface area contributed by atoms with Gasteiger partial charge < -0.3 is 15.7 Å². The van der Waals surface area contributed by atoms with Crippen LogP contribution in [0.4, 0.5) is 19.3 Å². The number of anilines is 1. The maximum absolute atomic E-state index is 13.5. The van der Waals surface area contributed by atoms with Gasteiger partial charge in [0.2, 0.25) is 0 Å². The van der Waals surface area contributed by atoms with E-state index in [1.807, 2.05) is 0 Å². The highest BCUT2D eigenvalue weighted by Gasteiger charge is 2.22. The molecule has 0 saturated carbocycles. The van der Waals surface area contributed by atoms with Gasteiger partial charge in [-0.1, -0.05) is 25.4 Å². The molecule has 0 aliphatic heterocycles. The number of aliphatic carboxylic acids is 1. The lowest BCUT2D eigenvalue weighted by atomic mass is 10.0. The molecule has 5 nitrogen and oxygen atoms in total. The van der Waals surface area contributed by atoms with E-state index in [1.165, 1.54) is 0 Å². The number of rotatable bonds is 5. The summed E-state index contributed by atoms with van der Waals surface area (Å²) in [6, 6.07) is -0.657. The van der Waals surface area contributed by atoms with Crippen LogP contribution in [0, 0.1) is 17.6 Å². The molecule has 1 rings (SSSR count). The van der Waals surface area contributed by atoms with Crippen molar-refractivity contribution in [1.82, 2.24) is 5.32 Å². The van der Waals surface area contributed by atoms with Gasteiger partial charge >= 0.3 is 12.0 Å². The molecule has 0 aromatic heterocycles. The van der Waals surface area contributed by atoms with Crippen molar-refractivity contribution in [2.24, 2.45) is 5.92 Å². The topological polar surface area (TPSA) is 78.4 Å². The molecule has 0 heterocycles. The van der Waals surface area contributed by atoms with Crippen LogP contribution in [0.2, 0.25) is 5.02 Å². The first kappa shape index (κ1) is 17.2. The number of amides is 2. The van der Waals surface area contributed by atoms with E-state index in [9.17, 15) is 18.4 Å². The van der Waals surface area contributed by atoms with Gasteiger partial charge in [0, 0.05) is 6.07 Å². The summed E-state index contributed by atoms with van der Waals surface area (Å²) in [7, 11) is 0. The van der Waals surface area contributed by atoms with E-state index in [2.05, 4.69) is 10.6 Å². The number of nitrogens with one attached hydrogen (secondary N) is 2. The zero-order chi connectivity index (χ0) is 16.2. The molecule has 1 aromatic rings. The van der Waals surface area contributed by atoms with Crippen molar-refractivity contribution in [2.45, 2.75) is 26.3 Å². The fourth-order valence-corrected chi connectivity index (χ4v) is 1.90. The van der Waals surface area contributed by atoms with Gasteiger partial charge in [-0.3, -0.25) is 0 Å². The maximum Gasteiger partial charge on any atom is 0.326 e. The number of urea groups is 1. The van der Waals surface area contributed by atoms with Gasteiger partial charge in [0.05, 0.1) is 10.7 Å². The number of hydrogen-bond acceptors (Lipinski definition) is 2. The van der Waals surface area contributed by atoms with E-state index in [0.717, 1.165) is 6.07 Å². The van der Waals surface area contributed by atoms with Crippen molar-refractivity contribution in [2.75, 3.05) is 5.32 Å². The van der Waals surface area contributed by atoms with Crippen LogP contribution in [-0.4, -0.2) is 23.1 Å². The predicted molar refractivity (Wildman–Crippen MR) is 74.4 cm³/mol. The third kappa shape index (κ3) is 5.18. The maximum atomic E-state index is 13.5. The Labute approximate surface area is 125 Å². The van der Waals surface area contributed by atoms with Crippen LogP contribution >= 0.6 is 11.6 Å². The fourth-order valence-electron chi connectivity index (χ4n) is 1.66. The van der Waals surface area contributed by atoms with Crippen LogP contribution < -0.4 is 10.6 Å². The summed E-state index contributed by atoms with van der Waals surface area (Å²) >= 11 is 5.62. The molecule has 2 amide bonds. The Hall–Kier alpha value is -1.89. The summed E-state index contributed by atoms with van der Waals surface area (Å²) in [5, 5.41) is 12.9. The third-order valence-electron chi connectivity index (χ3n) is 2.56. The van der Waals surface area contributed by atoms with Crippen LogP contribution in [0.25, 0.3) is 0 Å². The van der Waals surface area contributed by atoms with E-state index in [0.29, 0.717) is 6.07 Å². The van der Waals surface area contributed by atoms with Gasteiger partial charge in [-0.2, -0.15) is 0 Å². The average molecular weight is 321 g/mol. The molecular formula is C13H15ClF2N2O3. The number of carbonyl (C=O) groups is 2. The molecule has 0 bridgehead atoms. The van der Waals surface area contributed by atoms with Crippen molar-refractivity contribution in [3.05, 3.63) is 28.8 Å². The second-order valence-corrected chi connectivity index (χ2v) is 5.27. The van der Waals surface area contributed by atoms with Crippen LogP contribution in [0.1, 0.15) is 20.3 Å². The standard InChI is InChI=1S/C13H15ClF2N2O3/c1-6(2)3-10(12(19)20)17-13(21)18-11-8(14)4-7(15)5-9(11)16/h4-6,10H,3H2,1-2H3,(H,19,20)(H2,17,18,21)/t10-/m1/s1. The molecule has 0 unspecified atom stereocenters. The molecule has 116 valence electrons. The molecule has 0 spiro atoms. The van der Waals surface area contributed by atoms with E-state index >= 15 is 0 Å². The normalized spacial score (nSPS) is 12.1. The molecule has 3 N–H and O–H groups in total. The number of carboxylic acid groups (broad SMARTS) is 1. The molecule has 0 aliphatic rings. The Balaban J connectivity index is 2.79. The summed E-state index contributed by atoms with van der Waals surface area (Å²) in [4.78, 5) is 22.7. The summed E-state index contributed by atoms with van der Waals surface area (Å²) in [5.41, 5.74) is -0.413. The molecule has 0 fully saturated rings. The lowest BCUT2D eigenvalue weighted by Gasteiger charge is -2.17. The van der Waals surface area contributed by atoms with Crippen molar-refractivity contribution in [1.29, 1.82) is 0 Å². The first-order valence-corrected chi connectivity index (χ1v) is 6.53. The third-order valence-corrected chi connectivity index (χ3v) is 2.85. The van der Waals surface area contributed by atoms with Gasteiger partial charge in [-0.25, -0.2) is 18.4 Å². The summed E-state index contributed by atoms with van der Waals surface area (Å²) in [6.45, 7) is 3.60. The van der Waals surface area contributed by atoms with Crippen molar-refractivity contribution in [3.8, 4) is 0 Å². The second-order valence-electron chi connectivity index (χ2n) is 4.86. The summed E-state index contributed by atoms with van der Waals surface area (Å²) in [6.07, 6.45) is 0.211. The largest absolute Gasteiger partial charge is 0.480 e. The molecule has 8 heteroatoms. The lowest BCUT2D eigenvalue weighted by molar-refractivity contribution is -0.139. The molecule has 21 heavy (non-hydrogen) atoms. The van der Waals surface area contributed by atoms with Crippen LogP contribution in [0.15, 0.2) is 12.1 Å². The Kier molecular flexibility index (Phi) is 5.90. The van der Waals surface area contributed by atoms with E-state index in [4.69, 9.17) is 16.7 Å². The van der Waals surface area contributed by atoms with Gasteiger partial charge in [-0.05, 0) is 18.4 Å². The van der Waals surface area contributed by atoms with Crippen LogP contribution in [0.3, 0.4) is 0 Å². The molecule has 1 aromatic carbocycles. The van der Waals surface area contributed by atoms with Gasteiger partial charge in [0.1, 0.15) is 11.9 Å². The quantitative estimate of drug-likeness (QED) is 0.779. The molecule has 1 atom stereocenters. The zero-order valence-corrected chi connectivity index (χ0v) is 12.2. The second kappa shape index (κ2) is 7.21. The number of benzene rings is 1. The first-order chi connectivity index (χ1) is 9.70.